The second-order valence-electron chi connectivity index (χ2n) is 6.74. The molecule has 0 aromatic heterocycles. The molecule has 2 heterocycles. The molecule has 1 N–H and O–H groups in total. The first-order valence-electron chi connectivity index (χ1n) is 9.28. The van der Waals surface area contributed by atoms with E-state index in [9.17, 15) is 4.39 Å². The van der Waals surface area contributed by atoms with E-state index in [-0.39, 0.29) is 5.82 Å². The molecule has 0 bridgehead atoms. The van der Waals surface area contributed by atoms with E-state index in [1.165, 1.54) is 12.5 Å². The number of aliphatic imine (C=N–C) groups is 1. The molecule has 0 saturated carbocycles. The standard InChI is InChI=1S/C19H29FN4O/c1-21-19(22-8-3-5-16-4-2-6-17(20)14-16)24-9-7-18(15-24)23-10-12-25-13-11-23/h2,4,6,14,18H,3,5,7-13,15H2,1H3,(H,21,22). The molecule has 2 aliphatic rings. The van der Waals surface area contributed by atoms with Crippen molar-refractivity contribution in [3.05, 3.63) is 35.6 Å². The summed E-state index contributed by atoms with van der Waals surface area (Å²) >= 11 is 0. The van der Waals surface area contributed by atoms with Crippen LogP contribution in [-0.4, -0.2) is 74.8 Å². The average Bonchev–Trinajstić information content (AvgIpc) is 3.12. The SMILES string of the molecule is CN=C(NCCCc1cccc(F)c1)N1CCC(N2CCOCC2)C1. The van der Waals surface area contributed by atoms with Crippen molar-refractivity contribution < 1.29 is 9.13 Å². The highest BCUT2D eigenvalue weighted by Gasteiger charge is 2.30. The minimum atomic E-state index is -0.160. The molecular weight excluding hydrogens is 319 g/mol. The van der Waals surface area contributed by atoms with Crippen LogP contribution in [0.25, 0.3) is 0 Å². The number of morpholine rings is 1. The van der Waals surface area contributed by atoms with Gasteiger partial charge in [-0.3, -0.25) is 9.89 Å². The Morgan fingerprint density at radius 1 is 1.32 bits per heavy atom. The van der Waals surface area contributed by atoms with Gasteiger partial charge in [-0.1, -0.05) is 12.1 Å². The second kappa shape index (κ2) is 9.15. The van der Waals surface area contributed by atoms with Gasteiger partial charge < -0.3 is 15.0 Å². The fraction of sp³-hybridized carbons (Fsp3) is 0.632. The van der Waals surface area contributed by atoms with Crippen LogP contribution in [0.5, 0.6) is 0 Å². The van der Waals surface area contributed by atoms with Crippen LogP contribution >= 0.6 is 0 Å². The van der Waals surface area contributed by atoms with E-state index >= 15 is 0 Å². The van der Waals surface area contributed by atoms with Gasteiger partial charge in [-0.25, -0.2) is 4.39 Å². The first-order chi connectivity index (χ1) is 12.3. The summed E-state index contributed by atoms with van der Waals surface area (Å²) in [4.78, 5) is 9.33. The van der Waals surface area contributed by atoms with Crippen LogP contribution in [0.3, 0.4) is 0 Å². The molecular formula is C19H29FN4O. The highest BCUT2D eigenvalue weighted by atomic mass is 19.1. The van der Waals surface area contributed by atoms with E-state index in [1.54, 1.807) is 12.1 Å². The van der Waals surface area contributed by atoms with Crippen LogP contribution < -0.4 is 5.32 Å². The zero-order valence-electron chi connectivity index (χ0n) is 15.1. The highest BCUT2D eigenvalue weighted by Crippen LogP contribution is 2.17. The van der Waals surface area contributed by atoms with Crippen LogP contribution in [0.4, 0.5) is 4.39 Å². The van der Waals surface area contributed by atoms with Crippen LogP contribution in [0, 0.1) is 5.82 Å². The second-order valence-corrected chi connectivity index (χ2v) is 6.74. The van der Waals surface area contributed by atoms with Crippen molar-refractivity contribution in [3.63, 3.8) is 0 Å². The van der Waals surface area contributed by atoms with Crippen molar-refractivity contribution in [2.75, 3.05) is 53.0 Å². The Kier molecular flexibility index (Phi) is 6.64. The molecule has 2 saturated heterocycles. The minimum Gasteiger partial charge on any atom is -0.379 e. The Labute approximate surface area is 149 Å². The molecule has 0 amide bonds. The van der Waals surface area contributed by atoms with Gasteiger partial charge in [0.25, 0.3) is 0 Å². The lowest BCUT2D eigenvalue weighted by molar-refractivity contribution is 0.0195. The topological polar surface area (TPSA) is 40.1 Å². The van der Waals surface area contributed by atoms with Gasteiger partial charge in [0, 0.05) is 45.8 Å². The number of nitrogens with zero attached hydrogens (tertiary/aromatic N) is 3. The van der Waals surface area contributed by atoms with Gasteiger partial charge in [-0.15, -0.1) is 0 Å². The Bertz CT molecular complexity index is 574. The third-order valence-corrected chi connectivity index (χ3v) is 5.05. The predicted molar refractivity (Wildman–Crippen MR) is 98.5 cm³/mol. The van der Waals surface area contributed by atoms with E-state index in [1.807, 2.05) is 13.1 Å². The first-order valence-corrected chi connectivity index (χ1v) is 9.28. The quantitative estimate of drug-likeness (QED) is 0.500. The minimum absolute atomic E-state index is 0.160. The van der Waals surface area contributed by atoms with Crippen molar-refractivity contribution >= 4 is 5.96 Å². The number of ether oxygens (including phenoxy) is 1. The Morgan fingerprint density at radius 2 is 2.16 bits per heavy atom. The highest BCUT2D eigenvalue weighted by molar-refractivity contribution is 5.80. The molecule has 1 atom stereocenters. The first kappa shape index (κ1) is 18.1. The van der Waals surface area contributed by atoms with Gasteiger partial charge in [0.2, 0.25) is 0 Å². The molecule has 0 spiro atoms. The largest absolute Gasteiger partial charge is 0.379 e. The van der Waals surface area contributed by atoms with Crippen LogP contribution in [0.1, 0.15) is 18.4 Å². The lowest BCUT2D eigenvalue weighted by Crippen LogP contribution is -2.46. The molecule has 25 heavy (non-hydrogen) atoms. The number of halogens is 1. The van der Waals surface area contributed by atoms with Crippen molar-refractivity contribution in [2.24, 2.45) is 4.99 Å². The van der Waals surface area contributed by atoms with Crippen LogP contribution in [-0.2, 0) is 11.2 Å². The number of likely N-dealkylation sites (tertiary alicyclic amines) is 1. The van der Waals surface area contributed by atoms with Gasteiger partial charge in [-0.05, 0) is 37.0 Å². The van der Waals surface area contributed by atoms with E-state index in [0.29, 0.717) is 6.04 Å². The summed E-state index contributed by atoms with van der Waals surface area (Å²) in [7, 11) is 1.84. The summed E-state index contributed by atoms with van der Waals surface area (Å²) < 4.78 is 18.6. The fourth-order valence-electron chi connectivity index (χ4n) is 3.69. The van der Waals surface area contributed by atoms with Crippen LogP contribution in [0.15, 0.2) is 29.3 Å². The zero-order valence-corrected chi connectivity index (χ0v) is 15.1. The molecule has 0 aliphatic carbocycles. The van der Waals surface area contributed by atoms with Crippen molar-refractivity contribution in [1.29, 1.82) is 0 Å². The number of benzene rings is 1. The maximum Gasteiger partial charge on any atom is 0.193 e. The Hall–Kier alpha value is -1.66. The third kappa shape index (κ3) is 5.16. The monoisotopic (exact) mass is 348 g/mol. The summed E-state index contributed by atoms with van der Waals surface area (Å²) in [6, 6.07) is 7.46. The summed E-state index contributed by atoms with van der Waals surface area (Å²) in [6.07, 6.45) is 3.02. The predicted octanol–water partition coefficient (Wildman–Crippen LogP) is 1.74. The Balaban J connectivity index is 1.40. The number of aryl methyl sites for hydroxylation is 1. The van der Waals surface area contributed by atoms with E-state index in [0.717, 1.165) is 70.3 Å². The number of guanidine groups is 1. The lowest BCUT2D eigenvalue weighted by atomic mass is 10.1. The van der Waals surface area contributed by atoms with Crippen molar-refractivity contribution in [1.82, 2.24) is 15.1 Å². The summed E-state index contributed by atoms with van der Waals surface area (Å²) in [5.41, 5.74) is 1.05. The van der Waals surface area contributed by atoms with Gasteiger partial charge in [0.05, 0.1) is 13.2 Å². The van der Waals surface area contributed by atoms with E-state index in [2.05, 4.69) is 20.1 Å². The molecule has 5 nitrogen and oxygen atoms in total. The lowest BCUT2D eigenvalue weighted by Gasteiger charge is -2.32. The Morgan fingerprint density at radius 3 is 2.92 bits per heavy atom. The van der Waals surface area contributed by atoms with Gasteiger partial charge in [-0.2, -0.15) is 0 Å². The number of nitrogens with one attached hydrogen (secondary N) is 1. The molecule has 2 fully saturated rings. The number of rotatable bonds is 5. The van der Waals surface area contributed by atoms with Gasteiger partial charge >= 0.3 is 0 Å². The van der Waals surface area contributed by atoms with Crippen molar-refractivity contribution in [3.8, 4) is 0 Å². The molecule has 3 rings (SSSR count). The number of hydrogen-bond acceptors (Lipinski definition) is 3. The fourth-order valence-corrected chi connectivity index (χ4v) is 3.69. The smallest absolute Gasteiger partial charge is 0.193 e. The van der Waals surface area contributed by atoms with Crippen LogP contribution in [0.2, 0.25) is 0 Å². The van der Waals surface area contributed by atoms with E-state index in [4.69, 9.17) is 4.74 Å². The maximum absolute atomic E-state index is 13.2. The maximum atomic E-state index is 13.2. The third-order valence-electron chi connectivity index (χ3n) is 5.05. The molecule has 1 aromatic rings. The molecule has 6 heteroatoms. The molecule has 2 aliphatic heterocycles. The zero-order chi connectivity index (χ0) is 17.5. The average molecular weight is 348 g/mol. The summed E-state index contributed by atoms with van der Waals surface area (Å²) in [5, 5.41) is 3.46. The van der Waals surface area contributed by atoms with Gasteiger partial charge in [0.1, 0.15) is 5.82 Å². The molecule has 1 aromatic carbocycles. The van der Waals surface area contributed by atoms with E-state index < -0.39 is 0 Å². The molecule has 1 unspecified atom stereocenters. The molecule has 0 radical (unpaired) electrons. The normalized spacial score (nSPS) is 22.4. The number of hydrogen-bond donors (Lipinski definition) is 1. The summed E-state index contributed by atoms with van der Waals surface area (Å²) in [6.45, 7) is 6.71. The van der Waals surface area contributed by atoms with Gasteiger partial charge in [0.15, 0.2) is 5.96 Å². The molecule has 138 valence electrons. The van der Waals surface area contributed by atoms with Crippen molar-refractivity contribution in [2.45, 2.75) is 25.3 Å². The summed E-state index contributed by atoms with van der Waals surface area (Å²) in [5.74, 6) is 0.822.